The Hall–Kier alpha value is -2.11. The zero-order valence-corrected chi connectivity index (χ0v) is 14.9. The number of hydrogen-bond donors (Lipinski definition) is 1. The fraction of sp³-hybridized carbons (Fsp3) is 0.632. The van der Waals surface area contributed by atoms with E-state index in [0.29, 0.717) is 19.5 Å². The van der Waals surface area contributed by atoms with Crippen molar-refractivity contribution in [3.8, 4) is 0 Å². The van der Waals surface area contributed by atoms with E-state index in [-0.39, 0.29) is 18.4 Å². The Morgan fingerprint density at radius 2 is 1.84 bits per heavy atom. The van der Waals surface area contributed by atoms with Gasteiger partial charge >= 0.3 is 0 Å². The third-order valence-electron chi connectivity index (χ3n) is 5.00. The van der Waals surface area contributed by atoms with Crippen LogP contribution in [0.2, 0.25) is 0 Å². The fourth-order valence-corrected chi connectivity index (χ4v) is 3.61. The van der Waals surface area contributed by atoms with Gasteiger partial charge in [0.05, 0.1) is 6.54 Å². The Morgan fingerprint density at radius 3 is 2.56 bits per heavy atom. The summed E-state index contributed by atoms with van der Waals surface area (Å²) < 4.78 is 0. The van der Waals surface area contributed by atoms with Gasteiger partial charge in [-0.2, -0.15) is 0 Å². The van der Waals surface area contributed by atoms with Gasteiger partial charge in [0, 0.05) is 44.4 Å². The van der Waals surface area contributed by atoms with Gasteiger partial charge in [-0.1, -0.05) is 25.3 Å². The van der Waals surface area contributed by atoms with Crippen LogP contribution in [0.3, 0.4) is 0 Å². The van der Waals surface area contributed by atoms with Crippen molar-refractivity contribution in [1.29, 1.82) is 0 Å². The number of aromatic nitrogens is 1. The Bertz CT molecular complexity index is 597. The van der Waals surface area contributed by atoms with Crippen LogP contribution in [-0.2, 0) is 16.1 Å². The maximum Gasteiger partial charge on any atom is 0.239 e. The number of amides is 2. The summed E-state index contributed by atoms with van der Waals surface area (Å²) in [5, 5.41) is 2.95. The van der Waals surface area contributed by atoms with Gasteiger partial charge in [-0.3, -0.25) is 9.59 Å². The average molecular weight is 344 g/mol. The minimum Gasteiger partial charge on any atom is -0.356 e. The number of nitrogens with one attached hydrogen (secondary N) is 1. The molecule has 1 aromatic rings. The summed E-state index contributed by atoms with van der Waals surface area (Å²) >= 11 is 0. The first-order valence-electron chi connectivity index (χ1n) is 9.47. The lowest BCUT2D eigenvalue weighted by atomic mass is 10.1. The van der Waals surface area contributed by atoms with E-state index in [1.54, 1.807) is 4.90 Å². The topological polar surface area (TPSA) is 65.5 Å². The highest BCUT2D eigenvalue weighted by atomic mass is 16.2. The zero-order chi connectivity index (χ0) is 17.5. The van der Waals surface area contributed by atoms with Gasteiger partial charge in [0.15, 0.2) is 0 Å². The summed E-state index contributed by atoms with van der Waals surface area (Å²) in [7, 11) is 0. The van der Waals surface area contributed by atoms with E-state index in [4.69, 9.17) is 0 Å². The molecule has 1 aromatic heterocycles. The molecule has 0 radical (unpaired) electrons. The first kappa shape index (κ1) is 17.7. The molecular weight excluding hydrogens is 316 g/mol. The molecule has 0 atom stereocenters. The number of nitrogens with zero attached hydrogens (tertiary/aromatic N) is 3. The van der Waals surface area contributed by atoms with Crippen molar-refractivity contribution in [1.82, 2.24) is 15.2 Å². The number of carbonyl (C=O) groups is 2. The molecule has 0 aliphatic carbocycles. The number of rotatable bonds is 5. The van der Waals surface area contributed by atoms with E-state index >= 15 is 0 Å². The second-order valence-corrected chi connectivity index (χ2v) is 6.94. The largest absolute Gasteiger partial charge is 0.356 e. The molecule has 3 heterocycles. The molecule has 0 spiro atoms. The van der Waals surface area contributed by atoms with Crippen LogP contribution in [0.4, 0.5) is 5.82 Å². The summed E-state index contributed by atoms with van der Waals surface area (Å²) in [5.74, 6) is 0.970. The molecular formula is C19H28N4O2. The highest BCUT2D eigenvalue weighted by molar-refractivity contribution is 5.85. The molecule has 136 valence electrons. The molecule has 0 aromatic carbocycles. The van der Waals surface area contributed by atoms with Crippen LogP contribution in [-0.4, -0.2) is 47.9 Å². The first-order chi connectivity index (χ1) is 12.2. The van der Waals surface area contributed by atoms with Gasteiger partial charge in [-0.05, 0) is 25.3 Å². The molecule has 0 bridgehead atoms. The van der Waals surface area contributed by atoms with Crippen molar-refractivity contribution in [2.45, 2.75) is 51.5 Å². The molecule has 2 amide bonds. The maximum absolute atomic E-state index is 12.2. The van der Waals surface area contributed by atoms with E-state index in [1.165, 1.54) is 32.1 Å². The molecule has 2 aliphatic rings. The van der Waals surface area contributed by atoms with Gasteiger partial charge in [0.25, 0.3) is 0 Å². The average Bonchev–Trinajstić information content (AvgIpc) is 2.98. The lowest BCUT2D eigenvalue weighted by Crippen LogP contribution is -2.38. The Morgan fingerprint density at radius 1 is 1.08 bits per heavy atom. The van der Waals surface area contributed by atoms with Crippen LogP contribution in [0.1, 0.15) is 50.5 Å². The Kier molecular flexibility index (Phi) is 6.25. The van der Waals surface area contributed by atoms with Gasteiger partial charge < -0.3 is 15.1 Å². The Labute approximate surface area is 149 Å². The Balaban J connectivity index is 1.58. The number of hydrogen-bond acceptors (Lipinski definition) is 4. The first-order valence-corrected chi connectivity index (χ1v) is 9.47. The molecule has 3 rings (SSSR count). The van der Waals surface area contributed by atoms with Crippen LogP contribution in [0.15, 0.2) is 18.3 Å². The van der Waals surface area contributed by atoms with Gasteiger partial charge in [0.1, 0.15) is 5.82 Å². The molecule has 2 saturated heterocycles. The minimum absolute atomic E-state index is 0.0813. The second kappa shape index (κ2) is 8.83. The van der Waals surface area contributed by atoms with Crippen molar-refractivity contribution in [2.75, 3.05) is 31.1 Å². The third-order valence-corrected chi connectivity index (χ3v) is 5.00. The van der Waals surface area contributed by atoms with Crippen LogP contribution >= 0.6 is 0 Å². The molecule has 2 aliphatic heterocycles. The quantitative estimate of drug-likeness (QED) is 0.888. The van der Waals surface area contributed by atoms with Crippen molar-refractivity contribution in [3.05, 3.63) is 23.9 Å². The monoisotopic (exact) mass is 344 g/mol. The molecule has 0 saturated carbocycles. The number of pyridine rings is 1. The van der Waals surface area contributed by atoms with Crippen molar-refractivity contribution < 1.29 is 9.59 Å². The molecule has 2 fully saturated rings. The summed E-state index contributed by atoms with van der Waals surface area (Å²) in [6.07, 6.45) is 9.51. The van der Waals surface area contributed by atoms with Gasteiger partial charge in [0.2, 0.25) is 11.8 Å². The van der Waals surface area contributed by atoms with Crippen LogP contribution < -0.4 is 10.2 Å². The summed E-state index contributed by atoms with van der Waals surface area (Å²) in [4.78, 5) is 32.4. The second-order valence-electron chi connectivity index (χ2n) is 6.94. The minimum atomic E-state index is -0.0993. The maximum atomic E-state index is 12.2. The van der Waals surface area contributed by atoms with Gasteiger partial charge in [-0.25, -0.2) is 4.98 Å². The van der Waals surface area contributed by atoms with E-state index in [1.807, 2.05) is 18.3 Å². The fourth-order valence-electron chi connectivity index (χ4n) is 3.61. The summed E-state index contributed by atoms with van der Waals surface area (Å²) in [5.41, 5.74) is 1.05. The van der Waals surface area contributed by atoms with E-state index in [2.05, 4.69) is 15.2 Å². The highest BCUT2D eigenvalue weighted by Crippen LogP contribution is 2.21. The summed E-state index contributed by atoms with van der Waals surface area (Å²) in [6, 6.07) is 3.95. The number of anilines is 1. The van der Waals surface area contributed by atoms with Crippen molar-refractivity contribution in [3.63, 3.8) is 0 Å². The van der Waals surface area contributed by atoms with Crippen molar-refractivity contribution >= 4 is 17.6 Å². The van der Waals surface area contributed by atoms with Crippen LogP contribution in [0, 0.1) is 0 Å². The molecule has 25 heavy (non-hydrogen) atoms. The van der Waals surface area contributed by atoms with Crippen LogP contribution in [0.5, 0.6) is 0 Å². The van der Waals surface area contributed by atoms with E-state index in [0.717, 1.165) is 30.9 Å². The van der Waals surface area contributed by atoms with Crippen molar-refractivity contribution in [2.24, 2.45) is 0 Å². The lowest BCUT2D eigenvalue weighted by molar-refractivity contribution is -0.133. The molecule has 6 nitrogen and oxygen atoms in total. The molecule has 0 unspecified atom stereocenters. The number of likely N-dealkylation sites (tertiary alicyclic amines) is 1. The van der Waals surface area contributed by atoms with Crippen LogP contribution in [0.25, 0.3) is 0 Å². The lowest BCUT2D eigenvalue weighted by Gasteiger charge is -2.27. The molecule has 1 N–H and O–H groups in total. The predicted octanol–water partition coefficient (Wildman–Crippen LogP) is 2.09. The highest BCUT2D eigenvalue weighted by Gasteiger charge is 2.22. The van der Waals surface area contributed by atoms with E-state index < -0.39 is 0 Å². The van der Waals surface area contributed by atoms with E-state index in [9.17, 15) is 9.59 Å². The zero-order valence-electron chi connectivity index (χ0n) is 14.9. The summed E-state index contributed by atoms with van der Waals surface area (Å²) in [6.45, 7) is 3.37. The standard InChI is InChI=1S/C19H28N4O2/c24-17(15-23-13-7-9-18(23)25)21-14-16-8-6-10-20-19(16)22-11-4-2-1-3-5-12-22/h6,8,10H,1-5,7,9,11-15H2,(H,21,24). The predicted molar refractivity (Wildman–Crippen MR) is 97.2 cm³/mol. The third kappa shape index (κ3) is 4.94. The van der Waals surface area contributed by atoms with Gasteiger partial charge in [-0.15, -0.1) is 0 Å². The SMILES string of the molecule is O=C(CN1CCCC1=O)NCc1cccnc1N1CCCCCCC1. The smallest absolute Gasteiger partial charge is 0.239 e. The normalized spacial score (nSPS) is 18.8. The number of carbonyl (C=O) groups excluding carboxylic acids is 2. The molecule has 6 heteroatoms.